The lowest BCUT2D eigenvalue weighted by molar-refractivity contribution is -0.404. The molecular weight excluding hydrogens is 360 g/mol. The van der Waals surface area contributed by atoms with Gasteiger partial charge in [0.1, 0.15) is 0 Å². The van der Waals surface area contributed by atoms with E-state index in [9.17, 15) is 30.3 Å². The lowest BCUT2D eigenvalue weighted by Gasteiger charge is -2.25. The van der Waals surface area contributed by atoms with Gasteiger partial charge in [0.05, 0.1) is 26.9 Å². The topological polar surface area (TPSA) is 153 Å². The molecule has 2 atom stereocenters. The Hall–Kier alpha value is -2.82. The Morgan fingerprint density at radius 2 is 1.48 bits per heavy atom. The van der Waals surface area contributed by atoms with E-state index in [1.807, 2.05) is 0 Å². The summed E-state index contributed by atoms with van der Waals surface area (Å²) in [7, 11) is 0. The zero-order valence-electron chi connectivity index (χ0n) is 14.9. The van der Waals surface area contributed by atoms with Gasteiger partial charge in [0.2, 0.25) is 0 Å². The molecule has 148 valence electrons. The van der Waals surface area contributed by atoms with Crippen LogP contribution in [0.25, 0.3) is 0 Å². The highest BCUT2D eigenvalue weighted by molar-refractivity contribution is 5.64. The van der Waals surface area contributed by atoms with Gasteiger partial charge in [-0.1, -0.05) is 13.3 Å². The average Bonchev–Trinajstić information content (AvgIpc) is 3.00. The van der Waals surface area contributed by atoms with Crippen LogP contribution in [0.2, 0.25) is 0 Å². The monoisotopic (exact) mass is 382 g/mol. The second-order valence-electron chi connectivity index (χ2n) is 6.82. The van der Waals surface area contributed by atoms with Crippen molar-refractivity contribution in [3.05, 3.63) is 42.5 Å². The molecule has 0 aromatic heterocycles. The largest absolute Gasteiger partial charge is 0.497 e. The summed E-state index contributed by atoms with van der Waals surface area (Å²) in [6, 6.07) is 1.85. The number of hydrogen-bond acceptors (Lipinski definition) is 8. The molecule has 0 amide bonds. The van der Waals surface area contributed by atoms with E-state index in [0.29, 0.717) is 12.1 Å². The molecule has 0 saturated carbocycles. The summed E-state index contributed by atoms with van der Waals surface area (Å²) in [5.74, 6) is -0.236. The summed E-state index contributed by atoms with van der Waals surface area (Å²) in [6.45, 7) is 5.21. The van der Waals surface area contributed by atoms with Gasteiger partial charge in [0.15, 0.2) is 0 Å². The van der Waals surface area contributed by atoms with Gasteiger partial charge in [0, 0.05) is 6.04 Å². The third-order valence-corrected chi connectivity index (χ3v) is 5.08. The van der Waals surface area contributed by atoms with E-state index in [1.54, 1.807) is 0 Å². The summed E-state index contributed by atoms with van der Waals surface area (Å²) in [4.78, 5) is 30.5. The van der Waals surface area contributed by atoms with Gasteiger partial charge < -0.3 is 10.0 Å². The van der Waals surface area contributed by atoms with Gasteiger partial charge in [-0.05, 0) is 44.7 Å². The zero-order valence-corrected chi connectivity index (χ0v) is 14.9. The van der Waals surface area contributed by atoms with Crippen molar-refractivity contribution in [2.24, 2.45) is 5.92 Å². The Balaban J connectivity index is 0.000000206. The fraction of sp³-hybridized carbons (Fsp3) is 0.625. The molecular formula is C16H22N4O7. The first-order chi connectivity index (χ1) is 12.7. The number of nitro groups is 3. The maximum absolute atomic E-state index is 10.4. The SMILES string of the molecule is CC1CCCCN2CCCC12.O=[N+]([O-])c1cc([N+](=O)[O-])c(O)c([N+](=O)[O-])c1. The molecule has 0 bridgehead atoms. The molecule has 2 aliphatic rings. The molecule has 1 N–H and O–H groups in total. The minimum atomic E-state index is -1.21. The number of hydrogen-bond donors (Lipinski definition) is 1. The van der Waals surface area contributed by atoms with E-state index in [0.717, 1.165) is 12.0 Å². The number of non-ortho nitro benzene ring substituents is 1. The standard InChI is InChI=1S/C10H19N.C6H3N3O7/c1-9-5-2-3-7-11-8-4-6-10(9)11;10-6-4(8(13)14)1-3(7(11)12)2-5(6)9(15)16/h9-10H,2-8H2,1H3;1-2,10H. The van der Waals surface area contributed by atoms with E-state index in [-0.39, 0.29) is 0 Å². The van der Waals surface area contributed by atoms with Gasteiger partial charge >= 0.3 is 11.4 Å². The Labute approximate surface area is 155 Å². The number of phenols is 1. The molecule has 1 aromatic carbocycles. The predicted molar refractivity (Wildman–Crippen MR) is 95.7 cm³/mol. The molecule has 1 aromatic rings. The second kappa shape index (κ2) is 8.71. The van der Waals surface area contributed by atoms with Crippen LogP contribution < -0.4 is 0 Å². The highest BCUT2D eigenvalue weighted by Crippen LogP contribution is 2.39. The Kier molecular flexibility index (Phi) is 6.61. The molecule has 0 spiro atoms. The smallest absolute Gasteiger partial charge is 0.324 e. The minimum absolute atomic E-state index is 0.447. The van der Waals surface area contributed by atoms with Gasteiger partial charge in [0.25, 0.3) is 11.4 Å². The van der Waals surface area contributed by atoms with Crippen molar-refractivity contribution in [2.75, 3.05) is 13.1 Å². The van der Waals surface area contributed by atoms with Crippen LogP contribution in [0.3, 0.4) is 0 Å². The lowest BCUT2D eigenvalue weighted by atomic mass is 9.96. The molecule has 0 aliphatic carbocycles. The first-order valence-electron chi connectivity index (χ1n) is 8.76. The molecule has 3 rings (SSSR count). The number of nitro benzene ring substituents is 3. The number of fused-ring (bicyclic) bond motifs is 1. The van der Waals surface area contributed by atoms with Crippen LogP contribution in [0.4, 0.5) is 17.1 Å². The van der Waals surface area contributed by atoms with Crippen LogP contribution in [0.15, 0.2) is 12.1 Å². The number of nitrogens with zero attached hydrogens (tertiary/aromatic N) is 4. The molecule has 2 saturated heterocycles. The molecule has 0 radical (unpaired) electrons. The lowest BCUT2D eigenvalue weighted by Crippen LogP contribution is -2.32. The first kappa shape index (κ1) is 20.5. The van der Waals surface area contributed by atoms with Crippen molar-refractivity contribution in [1.29, 1.82) is 0 Å². The van der Waals surface area contributed by atoms with Crippen molar-refractivity contribution in [3.63, 3.8) is 0 Å². The van der Waals surface area contributed by atoms with E-state index >= 15 is 0 Å². The molecule has 2 fully saturated rings. The summed E-state index contributed by atoms with van der Waals surface area (Å²) in [5.41, 5.74) is -3.00. The second-order valence-corrected chi connectivity index (χ2v) is 6.82. The number of aromatic hydroxyl groups is 1. The summed E-state index contributed by atoms with van der Waals surface area (Å²) in [6.07, 6.45) is 7.31. The van der Waals surface area contributed by atoms with Crippen molar-refractivity contribution in [1.82, 2.24) is 4.90 Å². The summed E-state index contributed by atoms with van der Waals surface area (Å²) >= 11 is 0. The number of rotatable bonds is 3. The van der Waals surface area contributed by atoms with Crippen LogP contribution in [-0.4, -0.2) is 43.9 Å². The highest BCUT2D eigenvalue weighted by Gasteiger charge is 2.31. The van der Waals surface area contributed by atoms with Gasteiger partial charge in [-0.3, -0.25) is 30.3 Å². The minimum Gasteiger partial charge on any atom is -0.497 e. The molecule has 11 heteroatoms. The summed E-state index contributed by atoms with van der Waals surface area (Å²) < 4.78 is 0. The average molecular weight is 382 g/mol. The Morgan fingerprint density at radius 1 is 0.926 bits per heavy atom. The van der Waals surface area contributed by atoms with Gasteiger partial charge in [-0.25, -0.2) is 0 Å². The highest BCUT2D eigenvalue weighted by atomic mass is 16.6. The Bertz CT molecular complexity index is 704. The third-order valence-electron chi connectivity index (χ3n) is 5.08. The van der Waals surface area contributed by atoms with E-state index < -0.39 is 37.6 Å². The summed E-state index contributed by atoms with van der Waals surface area (Å²) in [5, 5.41) is 40.2. The molecule has 2 aliphatic heterocycles. The first-order valence-corrected chi connectivity index (χ1v) is 8.76. The third kappa shape index (κ3) is 4.88. The van der Waals surface area contributed by atoms with E-state index in [1.165, 1.54) is 45.2 Å². The van der Waals surface area contributed by atoms with Crippen molar-refractivity contribution in [3.8, 4) is 5.75 Å². The van der Waals surface area contributed by atoms with Crippen LogP contribution in [-0.2, 0) is 0 Å². The quantitative estimate of drug-likeness (QED) is 0.616. The Morgan fingerprint density at radius 3 is 2.00 bits per heavy atom. The molecule has 27 heavy (non-hydrogen) atoms. The van der Waals surface area contributed by atoms with Crippen molar-refractivity contribution in [2.45, 2.75) is 45.1 Å². The molecule has 2 heterocycles. The van der Waals surface area contributed by atoms with Crippen LogP contribution >= 0.6 is 0 Å². The number of phenolic OH excluding ortho intramolecular Hbond substituents is 1. The maximum Gasteiger partial charge on any atom is 0.324 e. The maximum atomic E-state index is 10.4. The van der Waals surface area contributed by atoms with E-state index in [2.05, 4.69) is 11.8 Å². The predicted octanol–water partition coefficient (Wildman–Crippen LogP) is 3.39. The fourth-order valence-electron chi connectivity index (χ4n) is 3.72. The van der Waals surface area contributed by atoms with Crippen LogP contribution in [0.1, 0.15) is 39.0 Å². The van der Waals surface area contributed by atoms with Crippen molar-refractivity contribution < 1.29 is 19.9 Å². The zero-order chi connectivity index (χ0) is 20.1. The van der Waals surface area contributed by atoms with Crippen LogP contribution in [0.5, 0.6) is 5.75 Å². The molecule has 11 nitrogen and oxygen atoms in total. The number of benzene rings is 1. The van der Waals surface area contributed by atoms with Crippen LogP contribution in [0, 0.1) is 36.3 Å². The molecule has 2 unspecified atom stereocenters. The van der Waals surface area contributed by atoms with E-state index in [4.69, 9.17) is 5.11 Å². The van der Waals surface area contributed by atoms with Gasteiger partial charge in [-0.15, -0.1) is 0 Å². The normalized spacial score (nSPS) is 22.1. The fourth-order valence-corrected chi connectivity index (χ4v) is 3.72. The van der Waals surface area contributed by atoms with Gasteiger partial charge in [-0.2, -0.15) is 0 Å². The van der Waals surface area contributed by atoms with Crippen molar-refractivity contribution >= 4 is 17.1 Å².